The molecule has 1 saturated heterocycles. The minimum absolute atomic E-state index is 0. The predicted octanol–water partition coefficient (Wildman–Crippen LogP) is 1.70. The molecule has 0 amide bonds. The number of nitrogens with one attached hydrogen (secondary N) is 1. The highest BCUT2D eigenvalue weighted by molar-refractivity contribution is 14.0. The summed E-state index contributed by atoms with van der Waals surface area (Å²) in [6.07, 6.45) is 5.22. The van der Waals surface area contributed by atoms with Gasteiger partial charge in [0, 0.05) is 46.2 Å². The summed E-state index contributed by atoms with van der Waals surface area (Å²) in [4.78, 5) is 19.0. The van der Waals surface area contributed by atoms with Gasteiger partial charge in [0.25, 0.3) is 0 Å². The molecule has 0 aliphatic carbocycles. The van der Waals surface area contributed by atoms with E-state index in [2.05, 4.69) is 34.2 Å². The molecule has 0 atom stereocenters. The Hall–Kier alpha value is -1.06. The van der Waals surface area contributed by atoms with Crippen LogP contribution in [0.4, 0.5) is 0 Å². The number of halogens is 1. The molecule has 0 aromatic carbocycles. The van der Waals surface area contributed by atoms with Crippen LogP contribution in [0, 0.1) is 5.41 Å². The first-order chi connectivity index (χ1) is 11.5. The van der Waals surface area contributed by atoms with Gasteiger partial charge in [-0.05, 0) is 31.1 Å². The second kappa shape index (κ2) is 8.55. The lowest BCUT2D eigenvalue weighted by atomic mass is 9.93. The quantitative estimate of drug-likeness (QED) is 0.320. The van der Waals surface area contributed by atoms with E-state index in [1.807, 2.05) is 11.6 Å². The van der Waals surface area contributed by atoms with E-state index in [0.29, 0.717) is 12.0 Å². The van der Waals surface area contributed by atoms with E-state index in [0.717, 1.165) is 63.6 Å². The molecular weight excluding hydrogens is 431 g/mol. The van der Waals surface area contributed by atoms with Gasteiger partial charge in [0.05, 0.1) is 0 Å². The van der Waals surface area contributed by atoms with E-state index in [-0.39, 0.29) is 29.7 Å². The summed E-state index contributed by atoms with van der Waals surface area (Å²) in [5.74, 6) is 1.92. The Morgan fingerprint density at radius 2 is 2.12 bits per heavy atom. The fraction of sp³-hybridized carbons (Fsp3) is 0.824. The molecule has 0 spiro atoms. The average Bonchev–Trinajstić information content (AvgIpc) is 3.08. The third-order valence-corrected chi connectivity index (χ3v) is 5.05. The van der Waals surface area contributed by atoms with Crippen LogP contribution in [0.3, 0.4) is 0 Å². The van der Waals surface area contributed by atoms with Crippen molar-refractivity contribution in [3.05, 3.63) is 16.3 Å². The Bertz CT molecular complexity index is 663. The van der Waals surface area contributed by atoms with Gasteiger partial charge in [-0.15, -0.1) is 24.0 Å². The Morgan fingerprint density at radius 3 is 2.76 bits per heavy atom. The molecule has 1 aromatic rings. The van der Waals surface area contributed by atoms with Gasteiger partial charge in [-0.1, -0.05) is 13.8 Å². The fourth-order valence-electron chi connectivity index (χ4n) is 3.65. The van der Waals surface area contributed by atoms with Crippen molar-refractivity contribution in [1.29, 1.82) is 0 Å². The van der Waals surface area contributed by atoms with Crippen LogP contribution in [0.5, 0.6) is 0 Å². The van der Waals surface area contributed by atoms with Crippen molar-refractivity contribution >= 4 is 29.9 Å². The zero-order chi connectivity index (χ0) is 17.2. The molecular formula is C17H31IN6O. The zero-order valence-electron chi connectivity index (χ0n) is 15.6. The summed E-state index contributed by atoms with van der Waals surface area (Å²) >= 11 is 0. The molecule has 8 heteroatoms. The van der Waals surface area contributed by atoms with Crippen molar-refractivity contribution in [3.63, 3.8) is 0 Å². The van der Waals surface area contributed by atoms with E-state index < -0.39 is 0 Å². The number of rotatable bonds is 4. The number of aryl methyl sites for hydroxylation is 2. The summed E-state index contributed by atoms with van der Waals surface area (Å²) in [6, 6.07) is 0. The van der Waals surface area contributed by atoms with Gasteiger partial charge in [0.2, 0.25) is 0 Å². The zero-order valence-corrected chi connectivity index (χ0v) is 18.0. The lowest BCUT2D eigenvalue weighted by Gasteiger charge is -2.23. The monoisotopic (exact) mass is 462 g/mol. The number of nitrogens with zero attached hydrogens (tertiary/aromatic N) is 5. The van der Waals surface area contributed by atoms with Crippen LogP contribution in [-0.2, 0) is 19.5 Å². The molecule has 1 N–H and O–H groups in total. The first kappa shape index (κ1) is 20.3. The van der Waals surface area contributed by atoms with Crippen LogP contribution >= 0.6 is 24.0 Å². The summed E-state index contributed by atoms with van der Waals surface area (Å²) in [5.41, 5.74) is 0.413. The summed E-state index contributed by atoms with van der Waals surface area (Å²) in [5, 5.41) is 7.91. The molecule has 0 bridgehead atoms. The minimum atomic E-state index is 0. The predicted molar refractivity (Wildman–Crippen MR) is 111 cm³/mol. The summed E-state index contributed by atoms with van der Waals surface area (Å²) < 4.78 is 3.46. The van der Waals surface area contributed by atoms with Gasteiger partial charge in [-0.25, -0.2) is 9.48 Å². The Balaban J connectivity index is 0.00000225. The SMILES string of the molecule is CN=C(NCCCn1nc2n(c1=O)CCCC2)N1CCC(C)(C)C1.I. The van der Waals surface area contributed by atoms with Crippen molar-refractivity contribution in [3.8, 4) is 0 Å². The number of hydrogen-bond acceptors (Lipinski definition) is 3. The maximum Gasteiger partial charge on any atom is 0.345 e. The van der Waals surface area contributed by atoms with Crippen LogP contribution in [0.15, 0.2) is 9.79 Å². The van der Waals surface area contributed by atoms with E-state index in [1.165, 1.54) is 6.42 Å². The molecule has 25 heavy (non-hydrogen) atoms. The topological polar surface area (TPSA) is 67.5 Å². The van der Waals surface area contributed by atoms with Crippen LogP contribution in [0.2, 0.25) is 0 Å². The molecule has 0 radical (unpaired) electrons. The number of likely N-dealkylation sites (tertiary alicyclic amines) is 1. The lowest BCUT2D eigenvalue weighted by molar-refractivity contribution is 0.369. The number of guanidine groups is 1. The molecule has 3 heterocycles. The van der Waals surface area contributed by atoms with Crippen molar-refractivity contribution < 1.29 is 0 Å². The smallest absolute Gasteiger partial charge is 0.345 e. The van der Waals surface area contributed by atoms with Crippen molar-refractivity contribution in [2.75, 3.05) is 26.7 Å². The van der Waals surface area contributed by atoms with Gasteiger partial charge >= 0.3 is 5.69 Å². The number of aromatic nitrogens is 3. The van der Waals surface area contributed by atoms with E-state index >= 15 is 0 Å². The van der Waals surface area contributed by atoms with Gasteiger partial charge in [0.1, 0.15) is 5.82 Å². The molecule has 2 aliphatic heterocycles. The van der Waals surface area contributed by atoms with E-state index in [9.17, 15) is 4.79 Å². The second-order valence-corrected chi connectivity index (χ2v) is 7.69. The van der Waals surface area contributed by atoms with E-state index in [1.54, 1.807) is 4.68 Å². The van der Waals surface area contributed by atoms with Gasteiger partial charge in [0.15, 0.2) is 5.96 Å². The summed E-state index contributed by atoms with van der Waals surface area (Å²) in [7, 11) is 1.83. The van der Waals surface area contributed by atoms with Crippen LogP contribution < -0.4 is 11.0 Å². The van der Waals surface area contributed by atoms with Gasteiger partial charge in [-0.2, -0.15) is 5.10 Å². The molecule has 1 aromatic heterocycles. The molecule has 2 aliphatic rings. The van der Waals surface area contributed by atoms with Crippen LogP contribution in [0.25, 0.3) is 0 Å². The largest absolute Gasteiger partial charge is 0.356 e. The second-order valence-electron chi connectivity index (χ2n) is 7.69. The Kier molecular flexibility index (Phi) is 6.93. The minimum Gasteiger partial charge on any atom is -0.356 e. The van der Waals surface area contributed by atoms with Crippen LogP contribution in [-0.4, -0.2) is 51.9 Å². The van der Waals surface area contributed by atoms with Gasteiger partial charge in [-0.3, -0.25) is 9.56 Å². The van der Waals surface area contributed by atoms with Crippen molar-refractivity contribution in [2.45, 2.75) is 59.0 Å². The maximum atomic E-state index is 12.3. The molecule has 3 rings (SSSR count). The average molecular weight is 462 g/mol. The highest BCUT2D eigenvalue weighted by Crippen LogP contribution is 2.28. The molecule has 0 saturated carbocycles. The third kappa shape index (κ3) is 4.77. The first-order valence-electron chi connectivity index (χ1n) is 9.12. The first-order valence-corrected chi connectivity index (χ1v) is 9.12. The van der Waals surface area contributed by atoms with Crippen molar-refractivity contribution in [2.24, 2.45) is 10.4 Å². The lowest BCUT2D eigenvalue weighted by Crippen LogP contribution is -2.41. The standard InChI is InChI=1S/C17H30N6O.HI/c1-17(2)8-12-21(13-17)15(18-3)19-9-6-11-23-16(24)22-10-5-4-7-14(22)20-23;/h4-13H2,1-3H3,(H,18,19);1H. The fourth-order valence-corrected chi connectivity index (χ4v) is 3.65. The maximum absolute atomic E-state index is 12.3. The molecule has 142 valence electrons. The molecule has 0 unspecified atom stereocenters. The number of aliphatic imine (C=N–C) groups is 1. The number of hydrogen-bond donors (Lipinski definition) is 1. The molecule has 7 nitrogen and oxygen atoms in total. The van der Waals surface area contributed by atoms with E-state index in [4.69, 9.17) is 0 Å². The normalized spacial score (nSPS) is 19.5. The van der Waals surface area contributed by atoms with Gasteiger partial charge < -0.3 is 10.2 Å². The molecule has 1 fully saturated rings. The Labute approximate surface area is 166 Å². The highest BCUT2D eigenvalue weighted by atomic mass is 127. The van der Waals surface area contributed by atoms with Crippen molar-refractivity contribution in [1.82, 2.24) is 24.6 Å². The summed E-state index contributed by atoms with van der Waals surface area (Å²) in [6.45, 7) is 8.98. The third-order valence-electron chi connectivity index (χ3n) is 5.05. The Morgan fingerprint density at radius 1 is 1.32 bits per heavy atom. The number of fused-ring (bicyclic) bond motifs is 1. The van der Waals surface area contributed by atoms with Crippen LogP contribution in [0.1, 0.15) is 45.4 Å². The highest BCUT2D eigenvalue weighted by Gasteiger charge is 2.30.